The van der Waals surface area contributed by atoms with Crippen LogP contribution in [0, 0.1) is 0 Å². The van der Waals surface area contributed by atoms with E-state index in [1.165, 1.54) is 40.8 Å². The molecule has 0 aliphatic carbocycles. The van der Waals surface area contributed by atoms with Gasteiger partial charge < -0.3 is 20.1 Å². The van der Waals surface area contributed by atoms with E-state index in [0.717, 1.165) is 46.3 Å². The molecular weight excluding hydrogens is 589 g/mol. The molecule has 0 saturated carbocycles. The number of nitrogens with one attached hydrogen (secondary N) is 1. The molecule has 230 valence electrons. The summed E-state index contributed by atoms with van der Waals surface area (Å²) in [7, 11) is 0. The minimum atomic E-state index is -4.75. The van der Waals surface area contributed by atoms with Gasteiger partial charge in [-0.15, -0.1) is 18.3 Å². The van der Waals surface area contributed by atoms with Gasteiger partial charge in [-0.1, -0.05) is 61.2 Å². The summed E-state index contributed by atoms with van der Waals surface area (Å²) in [4.78, 5) is 11.2. The molecule has 0 amide bonds. The lowest BCUT2D eigenvalue weighted by Gasteiger charge is -2.37. The molecule has 2 N–H and O–H groups in total. The molecule has 1 aliphatic rings. The SMILES string of the molecule is CCc1ccccc1N1/C(=N/C(O)N/C(C)=C/c2ccc(-c3ncn(-c4ccc(OC(F)(F)F)cc4)n3)cc2)SCCC1C. The predicted octanol–water partition coefficient (Wildman–Crippen LogP) is 7.01. The van der Waals surface area contributed by atoms with Crippen LogP contribution in [0.2, 0.25) is 0 Å². The number of allylic oxidation sites excluding steroid dienone is 1. The van der Waals surface area contributed by atoms with E-state index in [-0.39, 0.29) is 11.8 Å². The molecule has 0 bridgehead atoms. The standard InChI is InChI=1S/C32H33F3N6O2S/c1-4-24-7-5-6-8-28(24)41-22(3)17-18-44-31(41)38-30(42)37-21(2)19-23-9-11-25(12-10-23)29-36-20-40(39-29)26-13-15-27(16-14-26)43-32(33,34)35/h5-16,19-20,22,30,37,42H,4,17-18H2,1-3H3/b21-19+,38-31-. The third kappa shape index (κ3) is 7.80. The minimum Gasteiger partial charge on any atom is -0.406 e. The van der Waals surface area contributed by atoms with E-state index in [9.17, 15) is 18.3 Å². The number of thioether (sulfide) groups is 1. The first kappa shape index (κ1) is 31.1. The Hall–Kier alpha value is -4.29. The molecule has 8 nitrogen and oxygen atoms in total. The molecule has 1 fully saturated rings. The fourth-order valence-corrected chi connectivity index (χ4v) is 6.11. The molecule has 2 heterocycles. The first-order chi connectivity index (χ1) is 21.1. The highest BCUT2D eigenvalue weighted by molar-refractivity contribution is 8.14. The molecule has 1 saturated heterocycles. The number of nitrogens with zero attached hydrogens (tertiary/aromatic N) is 5. The molecule has 4 aromatic rings. The van der Waals surface area contributed by atoms with E-state index in [1.54, 1.807) is 11.8 Å². The monoisotopic (exact) mass is 622 g/mol. The maximum Gasteiger partial charge on any atom is 0.573 e. The molecule has 2 atom stereocenters. The summed E-state index contributed by atoms with van der Waals surface area (Å²) in [5, 5.41) is 19.1. The molecule has 2 unspecified atom stereocenters. The highest BCUT2D eigenvalue weighted by Crippen LogP contribution is 2.32. The molecule has 12 heteroatoms. The van der Waals surface area contributed by atoms with Crippen LogP contribution in [-0.2, 0) is 6.42 Å². The summed E-state index contributed by atoms with van der Waals surface area (Å²) in [5.74, 6) is 1.09. The molecule has 1 aromatic heterocycles. The van der Waals surface area contributed by atoms with E-state index < -0.39 is 12.7 Å². The molecule has 44 heavy (non-hydrogen) atoms. The molecule has 1 aliphatic heterocycles. The van der Waals surface area contributed by atoms with Gasteiger partial charge in [0.05, 0.1) is 5.69 Å². The zero-order chi connectivity index (χ0) is 31.3. The van der Waals surface area contributed by atoms with Gasteiger partial charge in [-0.3, -0.25) is 0 Å². The molecule has 5 rings (SSSR count). The van der Waals surface area contributed by atoms with Crippen LogP contribution in [0.15, 0.2) is 89.8 Å². The van der Waals surface area contributed by atoms with Gasteiger partial charge in [0, 0.05) is 28.7 Å². The van der Waals surface area contributed by atoms with Crippen molar-refractivity contribution in [2.24, 2.45) is 4.99 Å². The fourth-order valence-electron chi connectivity index (χ4n) is 4.87. The third-order valence-electron chi connectivity index (χ3n) is 7.01. The number of hydrogen-bond donors (Lipinski definition) is 2. The van der Waals surface area contributed by atoms with E-state index in [0.29, 0.717) is 11.5 Å². The number of benzene rings is 3. The Morgan fingerprint density at radius 1 is 1.14 bits per heavy atom. The topological polar surface area (TPSA) is 87.8 Å². The van der Waals surface area contributed by atoms with Crippen LogP contribution in [0.4, 0.5) is 18.9 Å². The van der Waals surface area contributed by atoms with Crippen LogP contribution >= 0.6 is 11.8 Å². The number of hydrogen-bond acceptors (Lipinski definition) is 7. The van der Waals surface area contributed by atoms with E-state index in [1.807, 2.05) is 49.4 Å². The Morgan fingerprint density at radius 3 is 2.57 bits per heavy atom. The van der Waals surface area contributed by atoms with Crippen LogP contribution in [0.25, 0.3) is 23.2 Å². The summed E-state index contributed by atoms with van der Waals surface area (Å²) < 4.78 is 42.7. The smallest absolute Gasteiger partial charge is 0.406 e. The molecule has 3 aromatic carbocycles. The van der Waals surface area contributed by atoms with Gasteiger partial charge in [0.25, 0.3) is 0 Å². The van der Waals surface area contributed by atoms with Crippen molar-refractivity contribution in [3.8, 4) is 22.8 Å². The van der Waals surface area contributed by atoms with Gasteiger partial charge in [0.15, 0.2) is 11.0 Å². The van der Waals surface area contributed by atoms with Crippen molar-refractivity contribution in [1.82, 2.24) is 20.1 Å². The van der Waals surface area contributed by atoms with Crippen molar-refractivity contribution in [3.63, 3.8) is 0 Å². The van der Waals surface area contributed by atoms with E-state index in [4.69, 9.17) is 0 Å². The predicted molar refractivity (Wildman–Crippen MR) is 169 cm³/mol. The lowest BCUT2D eigenvalue weighted by atomic mass is 10.1. The largest absolute Gasteiger partial charge is 0.573 e. The Bertz CT molecular complexity index is 1620. The quantitative estimate of drug-likeness (QED) is 0.194. The Balaban J connectivity index is 1.24. The fraction of sp³-hybridized carbons (Fsp3) is 0.281. The summed E-state index contributed by atoms with van der Waals surface area (Å²) >= 11 is 1.65. The molecule has 0 spiro atoms. The van der Waals surface area contributed by atoms with Crippen molar-refractivity contribution in [1.29, 1.82) is 0 Å². The van der Waals surface area contributed by atoms with Crippen LogP contribution in [0.3, 0.4) is 0 Å². The number of rotatable bonds is 9. The Morgan fingerprint density at radius 2 is 1.86 bits per heavy atom. The van der Waals surface area contributed by atoms with Gasteiger partial charge >= 0.3 is 6.36 Å². The number of anilines is 1. The lowest BCUT2D eigenvalue weighted by Crippen LogP contribution is -2.43. The third-order valence-corrected chi connectivity index (χ3v) is 8.01. The number of amidine groups is 1. The second-order valence-corrected chi connectivity index (χ2v) is 11.3. The van der Waals surface area contributed by atoms with Crippen molar-refractivity contribution in [2.45, 2.75) is 52.4 Å². The van der Waals surface area contributed by atoms with Gasteiger partial charge in [0.2, 0.25) is 6.35 Å². The zero-order valence-corrected chi connectivity index (χ0v) is 25.3. The summed E-state index contributed by atoms with van der Waals surface area (Å²) in [5.41, 5.74) is 5.32. The Labute approximate surface area is 258 Å². The number of para-hydroxylation sites is 1. The first-order valence-electron chi connectivity index (χ1n) is 14.2. The summed E-state index contributed by atoms with van der Waals surface area (Å²) in [6.45, 7) is 6.19. The maximum atomic E-state index is 12.4. The summed E-state index contributed by atoms with van der Waals surface area (Å²) in [6.07, 6.45) is -0.518. The number of aliphatic imine (C=N–C) groups is 1. The van der Waals surface area contributed by atoms with Crippen LogP contribution in [0.1, 0.15) is 38.3 Å². The second-order valence-electron chi connectivity index (χ2n) is 10.3. The number of alkyl halides is 3. The van der Waals surface area contributed by atoms with Crippen LogP contribution in [0.5, 0.6) is 5.75 Å². The number of aromatic nitrogens is 3. The lowest BCUT2D eigenvalue weighted by molar-refractivity contribution is -0.274. The van der Waals surface area contributed by atoms with Crippen LogP contribution < -0.4 is 15.0 Å². The highest BCUT2D eigenvalue weighted by Gasteiger charge is 2.31. The van der Waals surface area contributed by atoms with Gasteiger partial charge in [-0.25, -0.2) is 14.7 Å². The van der Waals surface area contributed by atoms with E-state index >= 15 is 0 Å². The van der Waals surface area contributed by atoms with Crippen molar-refractivity contribution >= 4 is 28.7 Å². The normalized spacial score (nSPS) is 17.5. The van der Waals surface area contributed by atoms with Gasteiger partial charge in [0.1, 0.15) is 12.1 Å². The molecule has 0 radical (unpaired) electrons. The second kappa shape index (κ2) is 13.6. The number of aryl methyl sites for hydroxylation is 1. The average molecular weight is 623 g/mol. The average Bonchev–Trinajstić information content (AvgIpc) is 3.47. The van der Waals surface area contributed by atoms with Gasteiger partial charge in [-0.05, 0) is 74.2 Å². The van der Waals surface area contributed by atoms with Crippen molar-refractivity contribution in [2.75, 3.05) is 10.7 Å². The van der Waals surface area contributed by atoms with Crippen molar-refractivity contribution in [3.05, 3.63) is 95.9 Å². The highest BCUT2D eigenvalue weighted by atomic mass is 32.2. The number of aliphatic hydroxyl groups is 1. The van der Waals surface area contributed by atoms with Gasteiger partial charge in [-0.2, -0.15) is 0 Å². The maximum absolute atomic E-state index is 12.4. The zero-order valence-electron chi connectivity index (χ0n) is 24.5. The number of aliphatic hydroxyl groups excluding tert-OH is 1. The van der Waals surface area contributed by atoms with E-state index in [2.05, 4.69) is 56.0 Å². The van der Waals surface area contributed by atoms with Crippen molar-refractivity contribution < 1.29 is 23.0 Å². The van der Waals surface area contributed by atoms with Crippen LogP contribution in [-0.4, -0.2) is 49.5 Å². The molecular formula is C32H33F3N6O2S. The Kier molecular flexibility index (Phi) is 9.60. The minimum absolute atomic E-state index is 0.268. The summed E-state index contributed by atoms with van der Waals surface area (Å²) in [6, 6.07) is 21.5. The number of halogens is 3. The number of ether oxygens (including phenoxy) is 1. The first-order valence-corrected chi connectivity index (χ1v) is 15.2.